The zero-order valence-electron chi connectivity index (χ0n) is 11.2. The fourth-order valence-electron chi connectivity index (χ4n) is 2.75. The molecule has 1 aromatic rings. The Morgan fingerprint density at radius 2 is 1.89 bits per heavy atom. The van der Waals surface area contributed by atoms with Gasteiger partial charge in [0.15, 0.2) is 0 Å². The Balaban J connectivity index is 2.26. The van der Waals surface area contributed by atoms with Crippen LogP contribution in [0.2, 0.25) is 0 Å². The molecule has 0 aromatic heterocycles. The van der Waals surface area contributed by atoms with E-state index in [4.69, 9.17) is 0 Å². The largest absolute Gasteiger partial charge is 0.333 e. The lowest BCUT2D eigenvalue weighted by Crippen LogP contribution is -2.47. The zero-order valence-corrected chi connectivity index (χ0v) is 12.8. The molecule has 1 heterocycles. The standard InChI is InChI=1S/C15H20BrNO/c1-10-9-13(7-8-14(10)16)15(18)17-11(2)5-4-6-12(17)3/h7-9,11-12H,4-6H2,1-3H3/t11-,12+. The minimum atomic E-state index is 0.172. The number of aryl methyl sites for hydroxylation is 1. The van der Waals surface area contributed by atoms with Crippen molar-refractivity contribution in [3.63, 3.8) is 0 Å². The number of benzene rings is 1. The van der Waals surface area contributed by atoms with Crippen molar-refractivity contribution < 1.29 is 4.79 Å². The third-order valence-corrected chi connectivity index (χ3v) is 4.72. The molecular formula is C15H20BrNO. The quantitative estimate of drug-likeness (QED) is 0.762. The summed E-state index contributed by atoms with van der Waals surface area (Å²) in [7, 11) is 0. The Hall–Kier alpha value is -0.830. The number of rotatable bonds is 1. The number of halogens is 1. The van der Waals surface area contributed by atoms with E-state index in [1.807, 2.05) is 30.0 Å². The first kappa shape index (κ1) is 13.6. The van der Waals surface area contributed by atoms with Gasteiger partial charge in [-0.2, -0.15) is 0 Å². The van der Waals surface area contributed by atoms with Crippen molar-refractivity contribution in [3.05, 3.63) is 33.8 Å². The summed E-state index contributed by atoms with van der Waals surface area (Å²) in [6.07, 6.45) is 3.46. The lowest BCUT2D eigenvalue weighted by molar-refractivity contribution is 0.0510. The number of hydrogen-bond donors (Lipinski definition) is 0. The topological polar surface area (TPSA) is 20.3 Å². The normalized spacial score (nSPS) is 24.1. The van der Waals surface area contributed by atoms with E-state index in [0.29, 0.717) is 12.1 Å². The molecule has 1 amide bonds. The SMILES string of the molecule is Cc1cc(C(=O)N2[C@H](C)CCC[C@@H]2C)ccc1Br. The molecule has 0 bridgehead atoms. The fourth-order valence-corrected chi connectivity index (χ4v) is 3.00. The molecule has 1 fully saturated rings. The van der Waals surface area contributed by atoms with E-state index in [9.17, 15) is 4.79 Å². The van der Waals surface area contributed by atoms with Crippen LogP contribution in [0.4, 0.5) is 0 Å². The Labute approximate surface area is 117 Å². The molecule has 3 heteroatoms. The molecule has 1 aliphatic rings. The van der Waals surface area contributed by atoms with Gasteiger partial charge in [0.05, 0.1) is 0 Å². The van der Waals surface area contributed by atoms with E-state index >= 15 is 0 Å². The molecule has 1 aliphatic heterocycles. The van der Waals surface area contributed by atoms with Gasteiger partial charge in [0.1, 0.15) is 0 Å². The van der Waals surface area contributed by atoms with E-state index in [1.54, 1.807) is 0 Å². The predicted octanol–water partition coefficient (Wildman–Crippen LogP) is 4.16. The van der Waals surface area contributed by atoms with E-state index in [2.05, 4.69) is 29.8 Å². The Kier molecular flexibility index (Phi) is 4.10. The summed E-state index contributed by atoms with van der Waals surface area (Å²) in [5, 5.41) is 0. The van der Waals surface area contributed by atoms with Gasteiger partial charge in [0.2, 0.25) is 0 Å². The van der Waals surface area contributed by atoms with Crippen LogP contribution < -0.4 is 0 Å². The fraction of sp³-hybridized carbons (Fsp3) is 0.533. The first-order valence-electron chi connectivity index (χ1n) is 6.59. The second-order valence-electron chi connectivity index (χ2n) is 5.31. The van der Waals surface area contributed by atoms with Crippen molar-refractivity contribution in [3.8, 4) is 0 Å². The molecule has 2 rings (SSSR count). The summed E-state index contributed by atoms with van der Waals surface area (Å²) >= 11 is 3.47. The zero-order chi connectivity index (χ0) is 13.3. The van der Waals surface area contributed by atoms with Crippen molar-refractivity contribution in [2.75, 3.05) is 0 Å². The van der Waals surface area contributed by atoms with E-state index in [-0.39, 0.29) is 5.91 Å². The van der Waals surface area contributed by atoms with Crippen molar-refractivity contribution in [2.24, 2.45) is 0 Å². The lowest BCUT2D eigenvalue weighted by atomic mass is 9.96. The highest BCUT2D eigenvalue weighted by atomic mass is 79.9. The van der Waals surface area contributed by atoms with Crippen molar-refractivity contribution in [2.45, 2.75) is 52.1 Å². The van der Waals surface area contributed by atoms with Crippen LogP contribution in [0.3, 0.4) is 0 Å². The highest BCUT2D eigenvalue weighted by Crippen LogP contribution is 2.26. The third-order valence-electron chi connectivity index (χ3n) is 3.83. The van der Waals surface area contributed by atoms with Gasteiger partial charge in [0, 0.05) is 22.1 Å². The van der Waals surface area contributed by atoms with Gasteiger partial charge < -0.3 is 4.90 Å². The average Bonchev–Trinajstić information content (AvgIpc) is 2.32. The van der Waals surface area contributed by atoms with Crippen LogP contribution in [0.15, 0.2) is 22.7 Å². The second kappa shape index (κ2) is 5.43. The van der Waals surface area contributed by atoms with Gasteiger partial charge in [-0.3, -0.25) is 4.79 Å². The van der Waals surface area contributed by atoms with E-state index < -0.39 is 0 Å². The second-order valence-corrected chi connectivity index (χ2v) is 6.16. The Morgan fingerprint density at radius 1 is 1.28 bits per heavy atom. The molecule has 2 nitrogen and oxygen atoms in total. The smallest absolute Gasteiger partial charge is 0.254 e. The number of nitrogens with zero attached hydrogens (tertiary/aromatic N) is 1. The summed E-state index contributed by atoms with van der Waals surface area (Å²) in [6.45, 7) is 6.32. The van der Waals surface area contributed by atoms with Crippen molar-refractivity contribution in [1.29, 1.82) is 0 Å². The van der Waals surface area contributed by atoms with Crippen LogP contribution in [0.1, 0.15) is 49.0 Å². The maximum Gasteiger partial charge on any atom is 0.254 e. The molecule has 0 radical (unpaired) electrons. The molecule has 1 aromatic carbocycles. The lowest BCUT2D eigenvalue weighted by Gasteiger charge is -2.39. The van der Waals surface area contributed by atoms with Crippen LogP contribution in [0.5, 0.6) is 0 Å². The molecule has 0 N–H and O–H groups in total. The summed E-state index contributed by atoms with van der Waals surface area (Å²) in [4.78, 5) is 14.6. The molecular weight excluding hydrogens is 290 g/mol. The number of hydrogen-bond acceptors (Lipinski definition) is 1. The molecule has 2 atom stereocenters. The average molecular weight is 310 g/mol. The van der Waals surface area contributed by atoms with Crippen LogP contribution in [-0.2, 0) is 0 Å². The predicted molar refractivity (Wildman–Crippen MR) is 77.8 cm³/mol. The first-order valence-corrected chi connectivity index (χ1v) is 7.39. The van der Waals surface area contributed by atoms with E-state index in [1.165, 1.54) is 6.42 Å². The number of carbonyl (C=O) groups excluding carboxylic acids is 1. The van der Waals surface area contributed by atoms with E-state index in [0.717, 1.165) is 28.4 Å². The molecule has 0 aliphatic carbocycles. The maximum atomic E-state index is 12.6. The summed E-state index contributed by atoms with van der Waals surface area (Å²) in [5.74, 6) is 0.172. The van der Waals surface area contributed by atoms with Crippen LogP contribution in [0, 0.1) is 6.92 Å². The van der Waals surface area contributed by atoms with Crippen molar-refractivity contribution in [1.82, 2.24) is 4.90 Å². The number of amides is 1. The van der Waals surface area contributed by atoms with Gasteiger partial charge in [-0.05, 0) is 63.8 Å². The Morgan fingerprint density at radius 3 is 2.44 bits per heavy atom. The Bertz CT molecular complexity index is 448. The highest BCUT2D eigenvalue weighted by Gasteiger charge is 2.29. The van der Waals surface area contributed by atoms with Crippen molar-refractivity contribution >= 4 is 21.8 Å². The molecule has 0 saturated carbocycles. The van der Waals surface area contributed by atoms with Gasteiger partial charge in [0.25, 0.3) is 5.91 Å². The number of piperidine rings is 1. The molecule has 18 heavy (non-hydrogen) atoms. The van der Waals surface area contributed by atoms with Crippen LogP contribution in [-0.4, -0.2) is 22.9 Å². The summed E-state index contributed by atoms with van der Waals surface area (Å²) < 4.78 is 1.05. The maximum absolute atomic E-state index is 12.6. The molecule has 0 unspecified atom stereocenters. The van der Waals surface area contributed by atoms with Gasteiger partial charge >= 0.3 is 0 Å². The highest BCUT2D eigenvalue weighted by molar-refractivity contribution is 9.10. The van der Waals surface area contributed by atoms with Crippen LogP contribution >= 0.6 is 15.9 Å². The number of carbonyl (C=O) groups is 1. The van der Waals surface area contributed by atoms with Gasteiger partial charge in [-0.25, -0.2) is 0 Å². The molecule has 98 valence electrons. The third kappa shape index (κ3) is 2.61. The van der Waals surface area contributed by atoms with Crippen LogP contribution in [0.25, 0.3) is 0 Å². The minimum Gasteiger partial charge on any atom is -0.333 e. The summed E-state index contributed by atoms with van der Waals surface area (Å²) in [6, 6.07) is 6.55. The molecule has 0 spiro atoms. The van der Waals surface area contributed by atoms with Gasteiger partial charge in [-0.1, -0.05) is 15.9 Å². The van der Waals surface area contributed by atoms with Gasteiger partial charge in [-0.15, -0.1) is 0 Å². The number of likely N-dealkylation sites (tertiary alicyclic amines) is 1. The first-order chi connectivity index (χ1) is 8.50. The minimum absolute atomic E-state index is 0.172. The monoisotopic (exact) mass is 309 g/mol. The summed E-state index contributed by atoms with van der Waals surface area (Å²) in [5.41, 5.74) is 1.91. The molecule has 1 saturated heterocycles.